The van der Waals surface area contributed by atoms with Crippen LogP contribution in [0.25, 0.3) is 0 Å². The van der Waals surface area contributed by atoms with Crippen LogP contribution >= 0.6 is 0 Å². The molecular weight excluding hydrogens is 401 g/mol. The number of benzene rings is 1. The number of nitrogens with two attached hydrogens (primary N) is 1. The monoisotopic (exact) mass is 424 g/mol. The third-order valence-electron chi connectivity index (χ3n) is 4.87. The summed E-state index contributed by atoms with van der Waals surface area (Å²) in [5.41, 5.74) is 5.57. The van der Waals surface area contributed by atoms with E-state index in [9.17, 15) is 22.8 Å². The number of rotatable bonds is 8. The summed E-state index contributed by atoms with van der Waals surface area (Å²) in [7, 11) is 0. The summed E-state index contributed by atoms with van der Waals surface area (Å²) in [5, 5.41) is 6.37. The number of halogens is 3. The molecule has 2 aromatic rings. The highest BCUT2D eigenvalue weighted by atomic mass is 19.4. The molecule has 1 aliphatic rings. The number of fused-ring (bicyclic) bond motifs is 1. The van der Waals surface area contributed by atoms with E-state index in [4.69, 9.17) is 10.5 Å². The van der Waals surface area contributed by atoms with Gasteiger partial charge in [-0.3, -0.25) is 14.3 Å². The van der Waals surface area contributed by atoms with E-state index in [2.05, 4.69) is 10.4 Å². The molecule has 3 rings (SSSR count). The second kappa shape index (κ2) is 9.19. The fourth-order valence-electron chi connectivity index (χ4n) is 3.44. The van der Waals surface area contributed by atoms with Crippen molar-refractivity contribution in [2.24, 2.45) is 5.73 Å². The Bertz CT molecular complexity index is 907. The van der Waals surface area contributed by atoms with Gasteiger partial charge >= 0.3 is 6.18 Å². The molecular formula is C20H23F3N4O3. The Morgan fingerprint density at radius 1 is 1.17 bits per heavy atom. The van der Waals surface area contributed by atoms with E-state index in [1.807, 2.05) is 0 Å². The molecule has 0 bridgehead atoms. The van der Waals surface area contributed by atoms with Crippen molar-refractivity contribution in [3.8, 4) is 5.75 Å². The molecule has 162 valence electrons. The molecule has 0 atom stereocenters. The zero-order valence-electron chi connectivity index (χ0n) is 16.3. The fraction of sp³-hybridized carbons (Fsp3) is 0.450. The fourth-order valence-corrected chi connectivity index (χ4v) is 3.44. The molecule has 0 saturated heterocycles. The SMILES string of the molecule is NC(=O)CCNC(=O)c1ccc(OCCn2nc(C(F)(F)F)c3c2CCCC3)cc1. The molecule has 0 aliphatic heterocycles. The van der Waals surface area contributed by atoms with Crippen molar-refractivity contribution in [1.82, 2.24) is 15.1 Å². The van der Waals surface area contributed by atoms with Crippen LogP contribution in [-0.2, 0) is 30.4 Å². The summed E-state index contributed by atoms with van der Waals surface area (Å²) in [6.07, 6.45) is -1.84. The number of carbonyl (C=O) groups excluding carboxylic acids is 2. The number of primary amides is 1. The predicted molar refractivity (Wildman–Crippen MR) is 102 cm³/mol. The highest BCUT2D eigenvalue weighted by Gasteiger charge is 2.39. The van der Waals surface area contributed by atoms with Crippen LogP contribution in [0.1, 0.15) is 46.6 Å². The van der Waals surface area contributed by atoms with Gasteiger partial charge in [-0.2, -0.15) is 18.3 Å². The van der Waals surface area contributed by atoms with E-state index < -0.39 is 17.8 Å². The number of carbonyl (C=O) groups is 2. The van der Waals surface area contributed by atoms with Gasteiger partial charge in [0.1, 0.15) is 12.4 Å². The van der Waals surface area contributed by atoms with Gasteiger partial charge in [-0.05, 0) is 49.9 Å². The summed E-state index contributed by atoms with van der Waals surface area (Å²) in [5.74, 6) is -0.355. The van der Waals surface area contributed by atoms with Gasteiger partial charge in [0.25, 0.3) is 5.91 Å². The first kappa shape index (κ1) is 21.7. The predicted octanol–water partition coefficient (Wildman–Crippen LogP) is 2.46. The molecule has 0 spiro atoms. The minimum Gasteiger partial charge on any atom is -0.492 e. The zero-order valence-corrected chi connectivity index (χ0v) is 16.3. The number of alkyl halides is 3. The van der Waals surface area contributed by atoms with Crippen LogP contribution in [0.3, 0.4) is 0 Å². The molecule has 7 nitrogen and oxygen atoms in total. The van der Waals surface area contributed by atoms with Crippen molar-refractivity contribution in [2.75, 3.05) is 13.2 Å². The van der Waals surface area contributed by atoms with Crippen LogP contribution < -0.4 is 15.8 Å². The van der Waals surface area contributed by atoms with Gasteiger partial charge in [0, 0.05) is 29.8 Å². The topological polar surface area (TPSA) is 99.2 Å². The number of amides is 2. The Labute approximate surface area is 171 Å². The average molecular weight is 424 g/mol. The largest absolute Gasteiger partial charge is 0.492 e. The third kappa shape index (κ3) is 5.31. The van der Waals surface area contributed by atoms with Gasteiger partial charge in [0.2, 0.25) is 5.91 Å². The summed E-state index contributed by atoms with van der Waals surface area (Å²) in [6.45, 7) is 0.504. The van der Waals surface area contributed by atoms with Crippen molar-refractivity contribution < 1.29 is 27.5 Å². The van der Waals surface area contributed by atoms with Crippen LogP contribution in [0.2, 0.25) is 0 Å². The molecule has 0 unspecified atom stereocenters. The van der Waals surface area contributed by atoms with E-state index in [0.717, 1.165) is 12.8 Å². The Morgan fingerprint density at radius 2 is 1.87 bits per heavy atom. The van der Waals surface area contributed by atoms with Gasteiger partial charge in [0.15, 0.2) is 5.69 Å². The van der Waals surface area contributed by atoms with E-state index in [0.29, 0.717) is 35.4 Å². The Kier molecular flexibility index (Phi) is 6.63. The van der Waals surface area contributed by atoms with Gasteiger partial charge < -0.3 is 15.8 Å². The average Bonchev–Trinajstić information content (AvgIpc) is 3.07. The summed E-state index contributed by atoms with van der Waals surface area (Å²) in [4.78, 5) is 22.6. The summed E-state index contributed by atoms with van der Waals surface area (Å²) < 4.78 is 46.7. The molecule has 1 aromatic heterocycles. The maximum Gasteiger partial charge on any atom is 0.435 e. The molecule has 10 heteroatoms. The molecule has 1 aromatic carbocycles. The van der Waals surface area contributed by atoms with Crippen molar-refractivity contribution in [1.29, 1.82) is 0 Å². The molecule has 30 heavy (non-hydrogen) atoms. The van der Waals surface area contributed by atoms with E-state index in [-0.39, 0.29) is 32.0 Å². The Hall–Kier alpha value is -3.04. The molecule has 0 fully saturated rings. The molecule has 1 heterocycles. The minimum atomic E-state index is -4.46. The van der Waals surface area contributed by atoms with E-state index in [1.54, 1.807) is 24.3 Å². The number of hydrogen-bond acceptors (Lipinski definition) is 4. The lowest BCUT2D eigenvalue weighted by Crippen LogP contribution is -2.27. The van der Waals surface area contributed by atoms with Crippen LogP contribution in [0.5, 0.6) is 5.75 Å². The van der Waals surface area contributed by atoms with Crippen molar-refractivity contribution in [3.05, 3.63) is 46.8 Å². The lowest BCUT2D eigenvalue weighted by molar-refractivity contribution is -0.142. The molecule has 3 N–H and O–H groups in total. The maximum absolute atomic E-state index is 13.2. The second-order valence-corrected chi connectivity index (χ2v) is 7.05. The Morgan fingerprint density at radius 3 is 2.53 bits per heavy atom. The van der Waals surface area contributed by atoms with Gasteiger partial charge in [-0.1, -0.05) is 0 Å². The number of hydrogen-bond donors (Lipinski definition) is 2. The zero-order chi connectivity index (χ0) is 21.7. The molecule has 2 amide bonds. The maximum atomic E-state index is 13.2. The molecule has 1 aliphatic carbocycles. The quantitative estimate of drug-likeness (QED) is 0.680. The molecule has 0 saturated carbocycles. The van der Waals surface area contributed by atoms with Gasteiger partial charge in [0.05, 0.1) is 6.54 Å². The van der Waals surface area contributed by atoms with Crippen molar-refractivity contribution >= 4 is 11.8 Å². The third-order valence-corrected chi connectivity index (χ3v) is 4.87. The van der Waals surface area contributed by atoms with Crippen LogP contribution in [0, 0.1) is 0 Å². The standard InChI is InChI=1S/C20H23F3N4O3/c21-20(22,23)18-15-3-1-2-4-16(15)27(26-18)11-12-30-14-7-5-13(6-8-14)19(29)25-10-9-17(24)28/h5-8H,1-4,9-12H2,(H2,24,28)(H,25,29). The summed E-state index contributed by atoms with van der Waals surface area (Å²) in [6, 6.07) is 6.32. The van der Waals surface area contributed by atoms with Crippen LogP contribution in [0.15, 0.2) is 24.3 Å². The minimum absolute atomic E-state index is 0.0557. The lowest BCUT2D eigenvalue weighted by Gasteiger charge is -2.15. The highest BCUT2D eigenvalue weighted by Crippen LogP contribution is 2.35. The van der Waals surface area contributed by atoms with Gasteiger partial charge in [-0.15, -0.1) is 0 Å². The van der Waals surface area contributed by atoms with Crippen LogP contribution in [-0.4, -0.2) is 34.7 Å². The van der Waals surface area contributed by atoms with E-state index >= 15 is 0 Å². The summed E-state index contributed by atoms with van der Waals surface area (Å²) >= 11 is 0. The van der Waals surface area contributed by atoms with E-state index in [1.165, 1.54) is 4.68 Å². The lowest BCUT2D eigenvalue weighted by atomic mass is 9.95. The number of aromatic nitrogens is 2. The smallest absolute Gasteiger partial charge is 0.435 e. The Balaban J connectivity index is 1.56. The second-order valence-electron chi connectivity index (χ2n) is 7.05. The van der Waals surface area contributed by atoms with Gasteiger partial charge in [-0.25, -0.2) is 0 Å². The number of nitrogens with zero attached hydrogens (tertiary/aromatic N) is 2. The molecule has 0 radical (unpaired) electrons. The normalized spacial score (nSPS) is 13.6. The highest BCUT2D eigenvalue weighted by molar-refractivity contribution is 5.94. The number of nitrogens with one attached hydrogen (secondary N) is 1. The van der Waals surface area contributed by atoms with Crippen LogP contribution in [0.4, 0.5) is 13.2 Å². The van der Waals surface area contributed by atoms with Crippen molar-refractivity contribution in [3.63, 3.8) is 0 Å². The first-order valence-corrected chi connectivity index (χ1v) is 9.71. The first-order valence-electron chi connectivity index (χ1n) is 9.71. The van der Waals surface area contributed by atoms with Crippen molar-refractivity contribution in [2.45, 2.75) is 44.8 Å². The first-order chi connectivity index (χ1) is 14.3. The number of ether oxygens (including phenoxy) is 1.